The third-order valence-corrected chi connectivity index (χ3v) is 5.08. The Morgan fingerprint density at radius 1 is 0.706 bits per heavy atom. The summed E-state index contributed by atoms with van der Waals surface area (Å²) in [5, 5.41) is 0. The summed E-state index contributed by atoms with van der Waals surface area (Å²) in [5.41, 5.74) is 0.586. The van der Waals surface area contributed by atoms with Crippen LogP contribution in [0.25, 0.3) is 0 Å². The molecule has 6 nitrogen and oxygen atoms in total. The summed E-state index contributed by atoms with van der Waals surface area (Å²) in [6.07, 6.45) is 14.7. The van der Waals surface area contributed by atoms with Crippen molar-refractivity contribution in [2.45, 2.75) is 97.8 Å². The number of unbranched alkanes of at least 4 members (excludes halogenated alkanes) is 10. The number of benzene rings is 1. The fourth-order valence-electron chi connectivity index (χ4n) is 3.21. The van der Waals surface area contributed by atoms with E-state index in [4.69, 9.17) is 9.47 Å². The van der Waals surface area contributed by atoms with Gasteiger partial charge in [-0.15, -0.1) is 0 Å². The summed E-state index contributed by atoms with van der Waals surface area (Å²) in [5.74, 6) is -1.22. The maximum absolute atomic E-state index is 12.4. The zero-order valence-corrected chi connectivity index (χ0v) is 21.4. The number of hydrogen-bond donors (Lipinski definition) is 0. The molecule has 0 aliphatic rings. The lowest BCUT2D eigenvalue weighted by Gasteiger charge is -2.10. The molecule has 0 atom stereocenters. The number of esters is 3. The maximum Gasteiger partial charge on any atom is 0.339 e. The van der Waals surface area contributed by atoms with Crippen LogP contribution in [0.15, 0.2) is 37.1 Å². The first-order chi connectivity index (χ1) is 16.5. The second-order valence-corrected chi connectivity index (χ2v) is 8.13. The molecule has 0 amide bonds. The van der Waals surface area contributed by atoms with Crippen molar-refractivity contribution in [1.29, 1.82) is 0 Å². The van der Waals surface area contributed by atoms with E-state index in [9.17, 15) is 14.4 Å². The highest BCUT2D eigenvalue weighted by molar-refractivity contribution is 6.03. The lowest BCUT2D eigenvalue weighted by atomic mass is 10.1. The summed E-state index contributed by atoms with van der Waals surface area (Å²) in [7, 11) is 0. The van der Waals surface area contributed by atoms with Crippen molar-refractivity contribution in [2.24, 2.45) is 0 Å². The van der Waals surface area contributed by atoms with Crippen molar-refractivity contribution in [1.82, 2.24) is 0 Å². The number of hydrogen-bond acceptors (Lipinski definition) is 6. The van der Waals surface area contributed by atoms with E-state index >= 15 is 0 Å². The number of rotatable bonds is 17. The summed E-state index contributed by atoms with van der Waals surface area (Å²) in [4.78, 5) is 34.5. The van der Waals surface area contributed by atoms with Gasteiger partial charge in [-0.2, -0.15) is 0 Å². The maximum atomic E-state index is 12.4. The average molecular weight is 477 g/mol. The second-order valence-electron chi connectivity index (χ2n) is 8.13. The molecule has 192 valence electrons. The third kappa shape index (κ3) is 16.9. The number of carbonyl (C=O) groups is 3. The highest BCUT2D eigenvalue weighted by Crippen LogP contribution is 2.14. The van der Waals surface area contributed by atoms with Gasteiger partial charge in [0.15, 0.2) is 0 Å². The number of carbonyl (C=O) groups excluding carboxylic acids is 3. The molecule has 0 saturated heterocycles. The van der Waals surface area contributed by atoms with Crippen LogP contribution in [0.3, 0.4) is 0 Å². The molecule has 0 bridgehead atoms. The van der Waals surface area contributed by atoms with E-state index in [-0.39, 0.29) is 5.97 Å². The van der Waals surface area contributed by atoms with Gasteiger partial charge in [0, 0.05) is 6.92 Å². The van der Waals surface area contributed by atoms with Gasteiger partial charge in [-0.25, -0.2) is 9.59 Å². The molecule has 0 fully saturated rings. The summed E-state index contributed by atoms with van der Waals surface area (Å²) >= 11 is 0. The van der Waals surface area contributed by atoms with Crippen molar-refractivity contribution in [2.75, 3.05) is 13.2 Å². The van der Waals surface area contributed by atoms with Crippen molar-refractivity contribution in [3.63, 3.8) is 0 Å². The van der Waals surface area contributed by atoms with Crippen LogP contribution in [-0.4, -0.2) is 31.1 Å². The SMILES string of the molecule is C=COC(C)=O.CCCCCCCCOC(=O)c1ccccc1C(=O)OCCCCCCCC. The Labute approximate surface area is 206 Å². The molecule has 34 heavy (non-hydrogen) atoms. The predicted molar refractivity (Wildman–Crippen MR) is 136 cm³/mol. The molecule has 1 aromatic carbocycles. The van der Waals surface area contributed by atoms with Crippen LogP contribution in [0.4, 0.5) is 0 Å². The lowest BCUT2D eigenvalue weighted by Crippen LogP contribution is -2.15. The minimum absolute atomic E-state index is 0.293. The highest BCUT2D eigenvalue weighted by atomic mass is 16.5. The molecule has 1 rings (SSSR count). The van der Waals surface area contributed by atoms with Crippen LogP contribution in [0.5, 0.6) is 0 Å². The monoisotopic (exact) mass is 476 g/mol. The Balaban J connectivity index is 0.00000160. The Morgan fingerprint density at radius 3 is 1.41 bits per heavy atom. The van der Waals surface area contributed by atoms with Gasteiger partial charge >= 0.3 is 17.9 Å². The quantitative estimate of drug-likeness (QED) is 0.101. The topological polar surface area (TPSA) is 78.9 Å². The van der Waals surface area contributed by atoms with E-state index in [2.05, 4.69) is 25.2 Å². The van der Waals surface area contributed by atoms with Crippen LogP contribution in [0.2, 0.25) is 0 Å². The van der Waals surface area contributed by atoms with Crippen LogP contribution in [0.1, 0.15) is 119 Å². The van der Waals surface area contributed by atoms with Gasteiger partial charge in [-0.05, 0) is 25.0 Å². The van der Waals surface area contributed by atoms with Gasteiger partial charge in [-0.1, -0.05) is 96.8 Å². The first-order valence-electron chi connectivity index (χ1n) is 12.7. The Morgan fingerprint density at radius 2 is 1.09 bits per heavy atom. The lowest BCUT2D eigenvalue weighted by molar-refractivity contribution is -0.135. The molecular weight excluding hydrogens is 432 g/mol. The van der Waals surface area contributed by atoms with Gasteiger partial charge in [0.2, 0.25) is 0 Å². The molecular formula is C28H44O6. The van der Waals surface area contributed by atoms with E-state index in [1.165, 1.54) is 58.3 Å². The minimum atomic E-state index is -0.444. The molecule has 0 N–H and O–H groups in total. The second kappa shape index (κ2) is 22.2. The Kier molecular flexibility index (Phi) is 20.5. The molecule has 6 heteroatoms. The largest absolute Gasteiger partial charge is 0.462 e. The first-order valence-corrected chi connectivity index (χ1v) is 12.7. The standard InChI is InChI=1S/C24H38O4.C4H6O2/c1-3-5-7-9-11-15-19-27-23(25)21-17-13-14-18-22(21)24(26)28-20-16-12-10-8-6-4-2;1-3-6-4(2)5/h13-14,17-18H,3-12,15-16,19-20H2,1-2H3;3H,1H2,2H3. The van der Waals surface area contributed by atoms with Crippen LogP contribution < -0.4 is 0 Å². The molecule has 0 unspecified atom stereocenters. The smallest absolute Gasteiger partial charge is 0.339 e. The predicted octanol–water partition coefficient (Wildman–Crippen LogP) is 7.41. The van der Waals surface area contributed by atoms with E-state index in [0.717, 1.165) is 31.9 Å². The fourth-order valence-corrected chi connectivity index (χ4v) is 3.21. The molecule has 1 aromatic rings. The zero-order chi connectivity index (χ0) is 25.4. The summed E-state index contributed by atoms with van der Waals surface area (Å²) in [6, 6.07) is 6.74. The Hall–Kier alpha value is -2.63. The first kappa shape index (κ1) is 31.4. The van der Waals surface area contributed by atoms with Gasteiger partial charge in [-0.3, -0.25) is 4.79 Å². The van der Waals surface area contributed by atoms with E-state index in [1.807, 2.05) is 0 Å². The third-order valence-electron chi connectivity index (χ3n) is 5.08. The van der Waals surface area contributed by atoms with Gasteiger partial charge in [0.25, 0.3) is 0 Å². The van der Waals surface area contributed by atoms with Crippen molar-refractivity contribution in [3.8, 4) is 0 Å². The molecule has 0 radical (unpaired) electrons. The normalized spacial score (nSPS) is 9.97. The summed E-state index contributed by atoms with van der Waals surface area (Å²) < 4.78 is 14.9. The van der Waals surface area contributed by atoms with Gasteiger partial charge < -0.3 is 14.2 Å². The van der Waals surface area contributed by atoms with Gasteiger partial charge in [0.1, 0.15) is 0 Å². The zero-order valence-electron chi connectivity index (χ0n) is 21.4. The minimum Gasteiger partial charge on any atom is -0.462 e. The molecule has 0 aliphatic heterocycles. The van der Waals surface area contributed by atoms with E-state index in [0.29, 0.717) is 24.3 Å². The highest BCUT2D eigenvalue weighted by Gasteiger charge is 2.18. The molecule has 0 aliphatic carbocycles. The molecule has 0 aromatic heterocycles. The van der Waals surface area contributed by atoms with Crippen molar-refractivity contribution in [3.05, 3.63) is 48.2 Å². The average Bonchev–Trinajstić information content (AvgIpc) is 2.83. The van der Waals surface area contributed by atoms with E-state index in [1.54, 1.807) is 24.3 Å². The Bertz CT molecular complexity index is 649. The molecule has 0 spiro atoms. The summed E-state index contributed by atoms with van der Waals surface area (Å²) in [6.45, 7) is 9.65. The molecule has 0 saturated carbocycles. The fraction of sp³-hybridized carbons (Fsp3) is 0.607. The van der Waals surface area contributed by atoms with Crippen molar-refractivity contribution < 1.29 is 28.6 Å². The molecule has 0 heterocycles. The van der Waals surface area contributed by atoms with Crippen LogP contribution >= 0.6 is 0 Å². The van der Waals surface area contributed by atoms with E-state index < -0.39 is 11.9 Å². The van der Waals surface area contributed by atoms with Gasteiger partial charge in [0.05, 0.1) is 30.6 Å². The van der Waals surface area contributed by atoms with Crippen LogP contribution in [-0.2, 0) is 19.0 Å². The van der Waals surface area contributed by atoms with Crippen molar-refractivity contribution >= 4 is 17.9 Å². The number of ether oxygens (including phenoxy) is 3. The van der Waals surface area contributed by atoms with Crippen LogP contribution in [0, 0.1) is 0 Å².